The van der Waals surface area contributed by atoms with Crippen LogP contribution in [0.5, 0.6) is 0 Å². The van der Waals surface area contributed by atoms with Gasteiger partial charge in [-0.2, -0.15) is 0 Å². The van der Waals surface area contributed by atoms with E-state index in [1.165, 1.54) is 0 Å². The highest BCUT2D eigenvalue weighted by molar-refractivity contribution is 5.81. The standard InChI is InChI=1S/C11H24N2O/c1-6-8(4)9(5)13-11(14)10(12)7(2)3/h7-10H,6,12H2,1-5H3,(H,13,14)/t8?,9?,10-/m0/s1. The molecule has 0 spiro atoms. The molecule has 0 fully saturated rings. The molecular formula is C11H24N2O. The second-order valence-electron chi connectivity index (χ2n) is 4.45. The van der Waals surface area contributed by atoms with Gasteiger partial charge in [-0.1, -0.05) is 34.1 Å². The maximum absolute atomic E-state index is 11.6. The minimum absolute atomic E-state index is 0.0344. The van der Waals surface area contributed by atoms with Gasteiger partial charge in [0.25, 0.3) is 0 Å². The maximum atomic E-state index is 11.6. The van der Waals surface area contributed by atoms with Crippen LogP contribution in [-0.4, -0.2) is 18.0 Å². The molecule has 0 radical (unpaired) electrons. The van der Waals surface area contributed by atoms with Gasteiger partial charge in [0.1, 0.15) is 0 Å². The molecule has 0 aliphatic heterocycles. The first-order chi connectivity index (χ1) is 6.40. The minimum atomic E-state index is -0.387. The van der Waals surface area contributed by atoms with Crippen molar-refractivity contribution in [2.75, 3.05) is 0 Å². The van der Waals surface area contributed by atoms with Crippen LogP contribution in [0.2, 0.25) is 0 Å². The lowest BCUT2D eigenvalue weighted by Gasteiger charge is -2.23. The normalized spacial score (nSPS) is 17.6. The Kier molecular flexibility index (Phi) is 5.77. The van der Waals surface area contributed by atoms with Gasteiger partial charge >= 0.3 is 0 Å². The largest absolute Gasteiger partial charge is 0.352 e. The first-order valence-electron chi connectivity index (χ1n) is 5.46. The van der Waals surface area contributed by atoms with Crippen LogP contribution in [0.3, 0.4) is 0 Å². The van der Waals surface area contributed by atoms with Crippen molar-refractivity contribution < 1.29 is 4.79 Å². The van der Waals surface area contributed by atoms with E-state index in [0.29, 0.717) is 5.92 Å². The average Bonchev–Trinajstić information content (AvgIpc) is 2.14. The molecule has 3 heteroatoms. The van der Waals surface area contributed by atoms with Gasteiger partial charge in [-0.05, 0) is 18.8 Å². The third-order valence-corrected chi connectivity index (χ3v) is 2.89. The Morgan fingerprint density at radius 1 is 1.29 bits per heavy atom. The van der Waals surface area contributed by atoms with E-state index in [1.54, 1.807) is 0 Å². The van der Waals surface area contributed by atoms with Crippen LogP contribution in [0.4, 0.5) is 0 Å². The minimum Gasteiger partial charge on any atom is -0.352 e. The summed E-state index contributed by atoms with van der Waals surface area (Å²) in [5.41, 5.74) is 5.74. The number of amides is 1. The van der Waals surface area contributed by atoms with Gasteiger partial charge in [0.05, 0.1) is 6.04 Å². The molecule has 3 N–H and O–H groups in total. The highest BCUT2D eigenvalue weighted by atomic mass is 16.2. The summed E-state index contributed by atoms with van der Waals surface area (Å²) in [6, 6.07) is -0.182. The summed E-state index contributed by atoms with van der Waals surface area (Å²) in [7, 11) is 0. The summed E-state index contributed by atoms with van der Waals surface area (Å²) < 4.78 is 0. The molecular weight excluding hydrogens is 176 g/mol. The molecule has 0 aromatic heterocycles. The van der Waals surface area contributed by atoms with Crippen molar-refractivity contribution in [2.24, 2.45) is 17.6 Å². The fourth-order valence-corrected chi connectivity index (χ4v) is 1.12. The fourth-order valence-electron chi connectivity index (χ4n) is 1.12. The number of rotatable bonds is 5. The van der Waals surface area contributed by atoms with Gasteiger partial charge in [-0.25, -0.2) is 0 Å². The molecule has 3 nitrogen and oxygen atoms in total. The lowest BCUT2D eigenvalue weighted by atomic mass is 9.99. The third kappa shape index (κ3) is 4.09. The zero-order chi connectivity index (χ0) is 11.3. The highest BCUT2D eigenvalue weighted by Gasteiger charge is 2.20. The van der Waals surface area contributed by atoms with Gasteiger partial charge in [-0.3, -0.25) is 4.79 Å². The molecule has 0 bridgehead atoms. The molecule has 2 unspecified atom stereocenters. The summed E-state index contributed by atoms with van der Waals surface area (Å²) in [4.78, 5) is 11.6. The predicted molar refractivity (Wildman–Crippen MR) is 59.9 cm³/mol. The van der Waals surface area contributed by atoms with Crippen molar-refractivity contribution in [3.8, 4) is 0 Å². The first kappa shape index (κ1) is 13.4. The monoisotopic (exact) mass is 200 g/mol. The lowest BCUT2D eigenvalue weighted by Crippen LogP contribution is -2.48. The van der Waals surface area contributed by atoms with Crippen LogP contribution < -0.4 is 11.1 Å². The first-order valence-corrected chi connectivity index (χ1v) is 5.46. The number of carbonyl (C=O) groups excluding carboxylic acids is 1. The number of nitrogens with one attached hydrogen (secondary N) is 1. The van der Waals surface area contributed by atoms with Crippen molar-refractivity contribution in [3.63, 3.8) is 0 Å². The molecule has 0 rings (SSSR count). The van der Waals surface area contributed by atoms with Gasteiger partial charge < -0.3 is 11.1 Å². The smallest absolute Gasteiger partial charge is 0.237 e. The average molecular weight is 200 g/mol. The van der Waals surface area contributed by atoms with E-state index in [2.05, 4.69) is 19.2 Å². The SMILES string of the molecule is CCC(C)C(C)NC(=O)[C@@H](N)C(C)C. The quantitative estimate of drug-likeness (QED) is 0.707. The molecule has 14 heavy (non-hydrogen) atoms. The summed E-state index contributed by atoms with van der Waals surface area (Å²) in [5.74, 6) is 0.658. The Morgan fingerprint density at radius 2 is 1.79 bits per heavy atom. The van der Waals surface area contributed by atoms with Crippen molar-refractivity contribution in [3.05, 3.63) is 0 Å². The van der Waals surface area contributed by atoms with Crippen LogP contribution in [0.25, 0.3) is 0 Å². The van der Waals surface area contributed by atoms with Crippen molar-refractivity contribution in [1.82, 2.24) is 5.32 Å². The summed E-state index contributed by atoms with van der Waals surface area (Å²) in [6.07, 6.45) is 1.07. The van der Waals surface area contributed by atoms with E-state index in [1.807, 2.05) is 20.8 Å². The molecule has 0 aliphatic carbocycles. The van der Waals surface area contributed by atoms with Crippen LogP contribution in [0.15, 0.2) is 0 Å². The van der Waals surface area contributed by atoms with E-state index < -0.39 is 0 Å². The summed E-state index contributed by atoms with van der Waals surface area (Å²) >= 11 is 0. The molecule has 1 amide bonds. The second-order valence-corrected chi connectivity index (χ2v) is 4.45. The number of hydrogen-bond acceptors (Lipinski definition) is 2. The molecule has 0 aromatic carbocycles. The Morgan fingerprint density at radius 3 is 2.14 bits per heavy atom. The number of nitrogens with two attached hydrogens (primary N) is 1. The van der Waals surface area contributed by atoms with Crippen molar-refractivity contribution >= 4 is 5.91 Å². The van der Waals surface area contributed by atoms with Gasteiger partial charge in [0.2, 0.25) is 5.91 Å². The van der Waals surface area contributed by atoms with Crippen molar-refractivity contribution in [2.45, 2.75) is 53.1 Å². The topological polar surface area (TPSA) is 55.1 Å². The Balaban J connectivity index is 4.05. The van der Waals surface area contributed by atoms with Crippen LogP contribution >= 0.6 is 0 Å². The predicted octanol–water partition coefficient (Wildman–Crippen LogP) is 1.52. The molecule has 0 heterocycles. The molecule has 0 aliphatic rings. The van der Waals surface area contributed by atoms with Gasteiger partial charge in [-0.15, -0.1) is 0 Å². The Bertz CT molecular complexity index is 180. The van der Waals surface area contributed by atoms with E-state index in [0.717, 1.165) is 6.42 Å². The van der Waals surface area contributed by atoms with Gasteiger partial charge in [0.15, 0.2) is 0 Å². The molecule has 84 valence electrons. The van der Waals surface area contributed by atoms with Crippen LogP contribution in [0.1, 0.15) is 41.0 Å². The maximum Gasteiger partial charge on any atom is 0.237 e. The number of carbonyl (C=O) groups is 1. The van der Waals surface area contributed by atoms with Crippen LogP contribution in [-0.2, 0) is 4.79 Å². The zero-order valence-corrected chi connectivity index (χ0v) is 10.0. The Hall–Kier alpha value is -0.570. The van der Waals surface area contributed by atoms with E-state index in [-0.39, 0.29) is 23.9 Å². The second kappa shape index (κ2) is 6.02. The Labute approximate surface area is 87.4 Å². The summed E-state index contributed by atoms with van der Waals surface area (Å²) in [6.45, 7) is 10.2. The van der Waals surface area contributed by atoms with Crippen molar-refractivity contribution in [1.29, 1.82) is 0 Å². The molecule has 0 aromatic rings. The third-order valence-electron chi connectivity index (χ3n) is 2.89. The fraction of sp³-hybridized carbons (Fsp3) is 0.909. The summed E-state index contributed by atoms with van der Waals surface area (Å²) in [5, 5.41) is 2.95. The number of hydrogen-bond donors (Lipinski definition) is 2. The molecule has 0 saturated heterocycles. The van der Waals surface area contributed by atoms with E-state index >= 15 is 0 Å². The van der Waals surface area contributed by atoms with E-state index in [4.69, 9.17) is 5.73 Å². The van der Waals surface area contributed by atoms with Crippen LogP contribution in [0, 0.1) is 11.8 Å². The lowest BCUT2D eigenvalue weighted by molar-refractivity contribution is -0.124. The van der Waals surface area contributed by atoms with E-state index in [9.17, 15) is 4.79 Å². The highest BCUT2D eigenvalue weighted by Crippen LogP contribution is 2.07. The molecule has 0 saturated carbocycles. The zero-order valence-electron chi connectivity index (χ0n) is 10.0. The molecule has 3 atom stereocenters. The van der Waals surface area contributed by atoms with Gasteiger partial charge in [0, 0.05) is 6.04 Å².